The first kappa shape index (κ1) is 19.2. The predicted molar refractivity (Wildman–Crippen MR) is 109 cm³/mol. The molecule has 28 heavy (non-hydrogen) atoms. The molecular weight excluding hydrogens is 354 g/mol. The fourth-order valence-corrected chi connectivity index (χ4v) is 2.74. The van der Waals surface area contributed by atoms with Gasteiger partial charge in [0.05, 0.1) is 6.33 Å². The van der Waals surface area contributed by atoms with Gasteiger partial charge in [0, 0.05) is 50.8 Å². The van der Waals surface area contributed by atoms with Gasteiger partial charge in [0.25, 0.3) is 0 Å². The average molecular weight is 377 g/mol. The number of aromatic nitrogens is 2. The zero-order valence-corrected chi connectivity index (χ0v) is 15.9. The number of benzene rings is 2. The first-order valence-electron chi connectivity index (χ1n) is 8.94. The molecule has 0 atom stereocenters. The van der Waals surface area contributed by atoms with E-state index in [2.05, 4.69) is 21.7 Å². The number of carbonyl (C=O) groups is 2. The van der Waals surface area contributed by atoms with Gasteiger partial charge in [-0.2, -0.15) is 0 Å². The molecular formula is C21H23N5O2. The van der Waals surface area contributed by atoms with Gasteiger partial charge in [-0.1, -0.05) is 24.3 Å². The smallest absolute Gasteiger partial charge is 0.319 e. The lowest BCUT2D eigenvalue weighted by Gasteiger charge is -2.15. The van der Waals surface area contributed by atoms with Gasteiger partial charge >= 0.3 is 6.03 Å². The number of anilines is 2. The second kappa shape index (κ2) is 8.85. The van der Waals surface area contributed by atoms with E-state index in [1.54, 1.807) is 48.7 Å². The van der Waals surface area contributed by atoms with Crippen molar-refractivity contribution in [3.05, 3.63) is 78.4 Å². The molecule has 0 spiro atoms. The summed E-state index contributed by atoms with van der Waals surface area (Å²) >= 11 is 0. The van der Waals surface area contributed by atoms with Crippen LogP contribution in [-0.2, 0) is 17.9 Å². The lowest BCUT2D eigenvalue weighted by Crippen LogP contribution is -2.28. The molecule has 1 heterocycles. The van der Waals surface area contributed by atoms with Crippen molar-refractivity contribution in [1.29, 1.82) is 0 Å². The first-order chi connectivity index (χ1) is 13.5. The number of nitrogens with one attached hydrogen (secondary N) is 2. The summed E-state index contributed by atoms with van der Waals surface area (Å²) in [6.07, 6.45) is 5.44. The Balaban J connectivity index is 1.52. The summed E-state index contributed by atoms with van der Waals surface area (Å²) in [6, 6.07) is 14.9. The van der Waals surface area contributed by atoms with Crippen LogP contribution >= 0.6 is 0 Å². The molecule has 0 bridgehead atoms. The Morgan fingerprint density at radius 1 is 1.11 bits per heavy atom. The number of amides is 3. The molecule has 0 radical (unpaired) electrons. The van der Waals surface area contributed by atoms with Crippen LogP contribution in [0.4, 0.5) is 16.2 Å². The van der Waals surface area contributed by atoms with E-state index in [1.165, 1.54) is 6.92 Å². The van der Waals surface area contributed by atoms with Crippen LogP contribution < -0.4 is 15.5 Å². The maximum Gasteiger partial charge on any atom is 0.319 e. The number of imidazole rings is 1. The largest absolute Gasteiger partial charge is 0.334 e. The van der Waals surface area contributed by atoms with E-state index in [-0.39, 0.29) is 11.9 Å². The molecule has 1 aromatic heterocycles. The molecule has 3 aromatic rings. The van der Waals surface area contributed by atoms with Crippen LogP contribution in [0.5, 0.6) is 0 Å². The van der Waals surface area contributed by atoms with Crippen molar-refractivity contribution < 1.29 is 9.59 Å². The molecule has 0 aliphatic heterocycles. The summed E-state index contributed by atoms with van der Waals surface area (Å²) in [5, 5.41) is 5.65. The molecule has 7 nitrogen and oxygen atoms in total. The zero-order valence-electron chi connectivity index (χ0n) is 15.9. The highest BCUT2D eigenvalue weighted by Gasteiger charge is 2.06. The van der Waals surface area contributed by atoms with Gasteiger partial charge < -0.3 is 20.1 Å². The van der Waals surface area contributed by atoms with E-state index in [0.29, 0.717) is 12.2 Å². The summed E-state index contributed by atoms with van der Waals surface area (Å²) in [6.45, 7) is 2.67. The van der Waals surface area contributed by atoms with Gasteiger partial charge in [-0.05, 0) is 35.4 Å². The quantitative estimate of drug-likeness (QED) is 0.692. The lowest BCUT2D eigenvalue weighted by atomic mass is 10.1. The van der Waals surface area contributed by atoms with Crippen LogP contribution in [0.3, 0.4) is 0 Å². The number of urea groups is 1. The van der Waals surface area contributed by atoms with Crippen LogP contribution in [0.1, 0.15) is 18.1 Å². The summed E-state index contributed by atoms with van der Waals surface area (Å²) in [4.78, 5) is 29.1. The third-order valence-corrected chi connectivity index (χ3v) is 4.35. The van der Waals surface area contributed by atoms with Gasteiger partial charge in [0.2, 0.25) is 5.91 Å². The highest BCUT2D eigenvalue weighted by Crippen LogP contribution is 2.17. The summed E-state index contributed by atoms with van der Waals surface area (Å²) in [5.41, 5.74) is 3.59. The number of nitrogens with zero attached hydrogens (tertiary/aromatic N) is 3. The van der Waals surface area contributed by atoms with Gasteiger partial charge in [-0.3, -0.25) is 4.79 Å². The molecule has 3 amide bonds. The van der Waals surface area contributed by atoms with Crippen molar-refractivity contribution >= 4 is 23.3 Å². The van der Waals surface area contributed by atoms with Crippen molar-refractivity contribution in [2.45, 2.75) is 20.0 Å². The van der Waals surface area contributed by atoms with E-state index in [1.807, 2.05) is 29.0 Å². The average Bonchev–Trinajstić information content (AvgIpc) is 3.20. The maximum absolute atomic E-state index is 12.2. The third-order valence-electron chi connectivity index (χ3n) is 4.35. The molecule has 0 unspecified atom stereocenters. The molecule has 0 saturated carbocycles. The van der Waals surface area contributed by atoms with Gasteiger partial charge in [-0.25, -0.2) is 9.78 Å². The standard InChI is InChI=1S/C21H23N5O2/c1-16(27)25(2)20-8-6-19(7-9-20)24-21(28)23-13-17-4-3-5-18(12-17)14-26-11-10-22-15-26/h3-12,15H,13-14H2,1-2H3,(H2,23,24,28). The molecule has 7 heteroatoms. The molecule has 0 aliphatic carbocycles. The zero-order chi connectivity index (χ0) is 19.9. The SMILES string of the molecule is CC(=O)N(C)c1ccc(NC(=O)NCc2cccc(Cn3ccnc3)c2)cc1. The van der Waals surface area contributed by atoms with Gasteiger partial charge in [-0.15, -0.1) is 0 Å². The van der Waals surface area contributed by atoms with Gasteiger partial charge in [0.1, 0.15) is 0 Å². The minimum atomic E-state index is -0.285. The minimum absolute atomic E-state index is 0.0475. The topological polar surface area (TPSA) is 79.3 Å². The molecule has 2 N–H and O–H groups in total. The minimum Gasteiger partial charge on any atom is -0.334 e. The van der Waals surface area contributed by atoms with Crippen molar-refractivity contribution in [2.75, 3.05) is 17.3 Å². The summed E-state index contributed by atoms with van der Waals surface area (Å²) in [7, 11) is 1.71. The second-order valence-electron chi connectivity index (χ2n) is 6.49. The Hall–Kier alpha value is -3.61. The number of hydrogen-bond donors (Lipinski definition) is 2. The third kappa shape index (κ3) is 5.20. The van der Waals surface area contributed by atoms with Crippen molar-refractivity contribution in [2.24, 2.45) is 0 Å². The molecule has 2 aromatic carbocycles. The Morgan fingerprint density at radius 2 is 1.86 bits per heavy atom. The van der Waals surface area contributed by atoms with E-state index >= 15 is 0 Å². The van der Waals surface area contributed by atoms with E-state index in [9.17, 15) is 9.59 Å². The van der Waals surface area contributed by atoms with Crippen molar-refractivity contribution in [3.8, 4) is 0 Å². The van der Waals surface area contributed by atoms with Gasteiger partial charge in [0.15, 0.2) is 0 Å². The Labute approximate surface area is 164 Å². The van der Waals surface area contributed by atoms with E-state index in [0.717, 1.165) is 23.4 Å². The monoisotopic (exact) mass is 377 g/mol. The molecule has 0 saturated heterocycles. The fraction of sp³-hybridized carbons (Fsp3) is 0.190. The van der Waals surface area contributed by atoms with Crippen LogP contribution in [0.2, 0.25) is 0 Å². The van der Waals surface area contributed by atoms with Crippen LogP contribution in [0, 0.1) is 0 Å². The maximum atomic E-state index is 12.2. The first-order valence-corrected chi connectivity index (χ1v) is 8.94. The van der Waals surface area contributed by atoms with E-state index < -0.39 is 0 Å². The predicted octanol–water partition coefficient (Wildman–Crippen LogP) is 3.24. The van der Waals surface area contributed by atoms with E-state index in [4.69, 9.17) is 0 Å². The van der Waals surface area contributed by atoms with Crippen LogP contribution in [-0.4, -0.2) is 28.5 Å². The molecule has 3 rings (SSSR count). The fourth-order valence-electron chi connectivity index (χ4n) is 2.74. The normalized spacial score (nSPS) is 10.4. The number of carbonyl (C=O) groups excluding carboxylic acids is 2. The van der Waals surface area contributed by atoms with Crippen molar-refractivity contribution in [3.63, 3.8) is 0 Å². The summed E-state index contributed by atoms with van der Waals surface area (Å²) < 4.78 is 1.99. The summed E-state index contributed by atoms with van der Waals surface area (Å²) in [5.74, 6) is -0.0475. The number of hydrogen-bond acceptors (Lipinski definition) is 3. The van der Waals surface area contributed by atoms with Crippen LogP contribution in [0.25, 0.3) is 0 Å². The molecule has 144 valence electrons. The van der Waals surface area contributed by atoms with Crippen molar-refractivity contribution in [1.82, 2.24) is 14.9 Å². The molecule has 0 fully saturated rings. The Bertz CT molecular complexity index is 936. The highest BCUT2D eigenvalue weighted by molar-refractivity contribution is 5.92. The van der Waals surface area contributed by atoms with Crippen LogP contribution in [0.15, 0.2) is 67.3 Å². The lowest BCUT2D eigenvalue weighted by molar-refractivity contribution is -0.116. The molecule has 0 aliphatic rings. The number of rotatable bonds is 6. The second-order valence-corrected chi connectivity index (χ2v) is 6.49. The Kier molecular flexibility index (Phi) is 6.06. The Morgan fingerprint density at radius 3 is 2.54 bits per heavy atom. The highest BCUT2D eigenvalue weighted by atomic mass is 16.2.